The lowest BCUT2D eigenvalue weighted by Crippen LogP contribution is -2.10. The molecule has 0 atom stereocenters. The van der Waals surface area contributed by atoms with E-state index in [2.05, 4.69) is 49.3 Å². The molecule has 0 aliphatic carbocycles. The van der Waals surface area contributed by atoms with Crippen molar-refractivity contribution < 1.29 is 0 Å². The second-order valence-electron chi connectivity index (χ2n) is 5.26. The van der Waals surface area contributed by atoms with Gasteiger partial charge in [-0.05, 0) is 11.0 Å². The van der Waals surface area contributed by atoms with Crippen molar-refractivity contribution in [1.82, 2.24) is 15.0 Å². The topological polar surface area (TPSA) is 54.5 Å². The Morgan fingerprint density at radius 3 is 2.44 bits per heavy atom. The minimum Gasteiger partial charge on any atom is -0.231 e. The highest BCUT2D eigenvalue weighted by molar-refractivity contribution is 5.59. The van der Waals surface area contributed by atoms with Crippen LogP contribution >= 0.6 is 0 Å². The predicted octanol–water partition coefficient (Wildman–Crippen LogP) is 2.77. The first-order valence-electron chi connectivity index (χ1n) is 5.89. The first kappa shape index (κ1) is 12.3. The van der Waals surface area contributed by atoms with E-state index in [9.17, 15) is 0 Å². The molecular formula is C14H16N4. The Labute approximate surface area is 107 Å². The average molecular weight is 240 g/mol. The van der Waals surface area contributed by atoms with Gasteiger partial charge >= 0.3 is 0 Å². The maximum atomic E-state index is 8.72. The molecule has 0 fully saturated rings. The molecule has 0 N–H and O–H groups in total. The van der Waals surface area contributed by atoms with Crippen molar-refractivity contribution in [3.63, 3.8) is 0 Å². The minimum atomic E-state index is 0.143. The lowest BCUT2D eigenvalue weighted by Gasteiger charge is -2.19. The van der Waals surface area contributed by atoms with Gasteiger partial charge in [0.25, 0.3) is 0 Å². The monoisotopic (exact) mass is 240 g/mol. The summed E-state index contributed by atoms with van der Waals surface area (Å²) in [7, 11) is 0. The zero-order chi connectivity index (χ0) is 13.2. The van der Waals surface area contributed by atoms with Gasteiger partial charge < -0.3 is 0 Å². The predicted molar refractivity (Wildman–Crippen MR) is 69.8 cm³/mol. The van der Waals surface area contributed by atoms with E-state index >= 15 is 0 Å². The van der Waals surface area contributed by atoms with Crippen LogP contribution in [-0.2, 0) is 12.0 Å². The van der Waals surface area contributed by atoms with Crippen LogP contribution < -0.4 is 0 Å². The average Bonchev–Trinajstić information content (AvgIpc) is 2.77. The molecule has 0 unspecified atom stereocenters. The van der Waals surface area contributed by atoms with Crippen LogP contribution in [0, 0.1) is 11.3 Å². The molecule has 2 aromatic rings. The Morgan fingerprint density at radius 2 is 1.89 bits per heavy atom. The summed E-state index contributed by atoms with van der Waals surface area (Å²) in [5.74, 6) is 0. The second kappa shape index (κ2) is 4.61. The highest BCUT2D eigenvalue weighted by Crippen LogP contribution is 2.25. The summed E-state index contributed by atoms with van der Waals surface area (Å²) >= 11 is 0. The number of hydrogen-bond acceptors (Lipinski definition) is 3. The van der Waals surface area contributed by atoms with Crippen molar-refractivity contribution in [2.75, 3.05) is 0 Å². The third-order valence-corrected chi connectivity index (χ3v) is 2.88. The molecule has 0 aliphatic heterocycles. The molecule has 0 saturated carbocycles. The molecule has 0 aliphatic rings. The number of nitriles is 1. The van der Waals surface area contributed by atoms with Gasteiger partial charge in [-0.2, -0.15) is 5.26 Å². The normalized spacial score (nSPS) is 11.2. The Bertz CT molecular complexity index is 567. The van der Waals surface area contributed by atoms with Gasteiger partial charge in [-0.3, -0.25) is 0 Å². The van der Waals surface area contributed by atoms with Crippen LogP contribution in [0.1, 0.15) is 26.3 Å². The number of aromatic nitrogens is 3. The highest BCUT2D eigenvalue weighted by atomic mass is 15.4. The van der Waals surface area contributed by atoms with Crippen molar-refractivity contribution in [1.29, 1.82) is 5.26 Å². The molecule has 2 rings (SSSR count). The number of benzene rings is 1. The first-order chi connectivity index (χ1) is 8.52. The quantitative estimate of drug-likeness (QED) is 0.811. The van der Waals surface area contributed by atoms with Crippen molar-refractivity contribution in [2.45, 2.75) is 32.7 Å². The molecule has 4 nitrogen and oxygen atoms in total. The molecule has 92 valence electrons. The number of nitrogens with zero attached hydrogens (tertiary/aromatic N) is 4. The van der Waals surface area contributed by atoms with Gasteiger partial charge in [-0.25, -0.2) is 4.68 Å². The summed E-state index contributed by atoms with van der Waals surface area (Å²) in [6.45, 7) is 6.77. The van der Waals surface area contributed by atoms with Gasteiger partial charge in [0.05, 0.1) is 18.0 Å². The van der Waals surface area contributed by atoms with E-state index in [-0.39, 0.29) is 12.0 Å². The molecule has 0 amide bonds. The molecule has 4 heteroatoms. The van der Waals surface area contributed by atoms with E-state index < -0.39 is 0 Å². The molecule has 1 heterocycles. The highest BCUT2D eigenvalue weighted by Gasteiger charge is 2.14. The van der Waals surface area contributed by atoms with Crippen molar-refractivity contribution in [2.24, 2.45) is 0 Å². The molecule has 18 heavy (non-hydrogen) atoms. The molecular weight excluding hydrogens is 224 g/mol. The van der Waals surface area contributed by atoms with Crippen LogP contribution in [0.2, 0.25) is 0 Å². The van der Waals surface area contributed by atoms with Gasteiger partial charge in [0, 0.05) is 5.56 Å². The summed E-state index contributed by atoms with van der Waals surface area (Å²) in [4.78, 5) is 0. The molecule has 0 spiro atoms. The van der Waals surface area contributed by atoms with Gasteiger partial charge in [0.15, 0.2) is 0 Å². The summed E-state index contributed by atoms with van der Waals surface area (Å²) in [6.07, 6.45) is 1.68. The van der Waals surface area contributed by atoms with E-state index in [0.29, 0.717) is 0 Å². The third-order valence-electron chi connectivity index (χ3n) is 2.88. The zero-order valence-corrected chi connectivity index (χ0v) is 10.9. The Kier molecular flexibility index (Phi) is 3.15. The van der Waals surface area contributed by atoms with Crippen molar-refractivity contribution in [3.05, 3.63) is 36.0 Å². The SMILES string of the molecule is CC(C)(C)c1ccc(-c2cnnn2CC#N)cc1. The lowest BCUT2D eigenvalue weighted by molar-refractivity contribution is 0.590. The van der Waals surface area contributed by atoms with E-state index in [1.807, 2.05) is 12.1 Å². The fourth-order valence-electron chi connectivity index (χ4n) is 1.81. The number of hydrogen-bond donors (Lipinski definition) is 0. The van der Waals surface area contributed by atoms with E-state index in [1.165, 1.54) is 5.56 Å². The van der Waals surface area contributed by atoms with Crippen LogP contribution in [0.4, 0.5) is 0 Å². The van der Waals surface area contributed by atoms with Crippen LogP contribution in [-0.4, -0.2) is 15.0 Å². The Balaban J connectivity index is 2.35. The molecule has 0 radical (unpaired) electrons. The standard InChI is InChI=1S/C14H16N4/c1-14(2,3)12-6-4-11(5-7-12)13-10-16-17-18(13)9-8-15/h4-7,10H,9H2,1-3H3. The van der Waals surface area contributed by atoms with Gasteiger partial charge in [0.1, 0.15) is 6.54 Å². The summed E-state index contributed by atoms with van der Waals surface area (Å²) < 4.78 is 1.60. The largest absolute Gasteiger partial charge is 0.231 e. The molecule has 0 bridgehead atoms. The van der Waals surface area contributed by atoms with Crippen LogP contribution in [0.25, 0.3) is 11.3 Å². The Hall–Kier alpha value is -2.15. The Morgan fingerprint density at radius 1 is 1.22 bits per heavy atom. The molecule has 1 aromatic heterocycles. The number of rotatable bonds is 2. The first-order valence-corrected chi connectivity index (χ1v) is 5.89. The van der Waals surface area contributed by atoms with Gasteiger partial charge in [0.2, 0.25) is 0 Å². The maximum absolute atomic E-state index is 8.72. The van der Waals surface area contributed by atoms with Crippen LogP contribution in [0.3, 0.4) is 0 Å². The van der Waals surface area contributed by atoms with Crippen LogP contribution in [0.15, 0.2) is 30.5 Å². The summed E-state index contributed by atoms with van der Waals surface area (Å²) in [5.41, 5.74) is 3.33. The van der Waals surface area contributed by atoms with E-state index in [0.717, 1.165) is 11.3 Å². The van der Waals surface area contributed by atoms with E-state index in [4.69, 9.17) is 5.26 Å². The minimum absolute atomic E-state index is 0.143. The van der Waals surface area contributed by atoms with Gasteiger partial charge in [-0.1, -0.05) is 50.3 Å². The van der Waals surface area contributed by atoms with E-state index in [1.54, 1.807) is 10.9 Å². The fraction of sp³-hybridized carbons (Fsp3) is 0.357. The smallest absolute Gasteiger partial charge is 0.130 e. The molecule has 0 saturated heterocycles. The van der Waals surface area contributed by atoms with Crippen molar-refractivity contribution >= 4 is 0 Å². The molecule has 1 aromatic carbocycles. The maximum Gasteiger partial charge on any atom is 0.130 e. The van der Waals surface area contributed by atoms with Gasteiger partial charge in [-0.15, -0.1) is 5.10 Å². The fourth-order valence-corrected chi connectivity index (χ4v) is 1.81. The summed E-state index contributed by atoms with van der Waals surface area (Å²) in [6, 6.07) is 10.4. The third kappa shape index (κ3) is 2.40. The zero-order valence-electron chi connectivity index (χ0n) is 10.9. The summed E-state index contributed by atoms with van der Waals surface area (Å²) in [5, 5.41) is 16.5. The van der Waals surface area contributed by atoms with Crippen molar-refractivity contribution in [3.8, 4) is 17.3 Å². The van der Waals surface area contributed by atoms with Crippen LogP contribution in [0.5, 0.6) is 0 Å². The second-order valence-corrected chi connectivity index (χ2v) is 5.26. The lowest BCUT2D eigenvalue weighted by atomic mass is 9.86.